The first kappa shape index (κ1) is 9.22. The first-order chi connectivity index (χ1) is 6.36. The molecule has 0 aromatic carbocycles. The van der Waals surface area contributed by atoms with Crippen LogP contribution >= 0.6 is 0 Å². The van der Waals surface area contributed by atoms with E-state index in [0.717, 1.165) is 19.4 Å². The van der Waals surface area contributed by atoms with Gasteiger partial charge in [0, 0.05) is 5.92 Å². The highest BCUT2D eigenvalue weighted by atomic mass is 16.7. The van der Waals surface area contributed by atoms with Crippen molar-refractivity contribution >= 4 is 0 Å². The molecular formula is C11H18O2. The van der Waals surface area contributed by atoms with E-state index in [0.29, 0.717) is 12.0 Å². The number of hydrogen-bond donors (Lipinski definition) is 0. The largest absolute Gasteiger partial charge is 0.352 e. The lowest BCUT2D eigenvalue weighted by atomic mass is 9.93. The number of ether oxygens (including phenoxy) is 2. The van der Waals surface area contributed by atoms with Crippen LogP contribution in [0.2, 0.25) is 0 Å². The Bertz CT molecular complexity index is 189. The standard InChI is InChI=1S/C11H18O2/c1-9-7-8-12-11(13-9)10-5-3-2-4-6-10/h2-3,9-11H,4-8H2,1H3/t9-,10-,11+/m1/s1. The van der Waals surface area contributed by atoms with Crippen molar-refractivity contribution in [3.63, 3.8) is 0 Å². The molecule has 0 amide bonds. The second-order valence-electron chi connectivity index (χ2n) is 4.02. The monoisotopic (exact) mass is 182 g/mol. The molecule has 1 fully saturated rings. The van der Waals surface area contributed by atoms with Gasteiger partial charge in [-0.25, -0.2) is 0 Å². The van der Waals surface area contributed by atoms with Gasteiger partial charge in [0.25, 0.3) is 0 Å². The zero-order chi connectivity index (χ0) is 9.10. The van der Waals surface area contributed by atoms with Crippen LogP contribution in [0.15, 0.2) is 12.2 Å². The van der Waals surface area contributed by atoms with Crippen LogP contribution in [0.4, 0.5) is 0 Å². The Morgan fingerprint density at radius 3 is 2.85 bits per heavy atom. The summed E-state index contributed by atoms with van der Waals surface area (Å²) in [5.41, 5.74) is 0. The molecule has 2 nitrogen and oxygen atoms in total. The van der Waals surface area contributed by atoms with Crippen molar-refractivity contribution in [3.05, 3.63) is 12.2 Å². The first-order valence-corrected chi connectivity index (χ1v) is 5.28. The molecule has 1 aliphatic carbocycles. The Labute approximate surface area is 79.9 Å². The second-order valence-corrected chi connectivity index (χ2v) is 4.02. The van der Waals surface area contributed by atoms with Gasteiger partial charge in [-0.2, -0.15) is 0 Å². The van der Waals surface area contributed by atoms with Crippen LogP contribution in [-0.2, 0) is 9.47 Å². The van der Waals surface area contributed by atoms with Crippen LogP contribution in [0.25, 0.3) is 0 Å². The molecule has 1 aliphatic heterocycles. The van der Waals surface area contributed by atoms with Crippen molar-refractivity contribution in [2.75, 3.05) is 6.61 Å². The van der Waals surface area contributed by atoms with Crippen LogP contribution in [0, 0.1) is 5.92 Å². The van der Waals surface area contributed by atoms with Crippen molar-refractivity contribution in [1.29, 1.82) is 0 Å². The van der Waals surface area contributed by atoms with Crippen molar-refractivity contribution in [3.8, 4) is 0 Å². The van der Waals surface area contributed by atoms with Crippen molar-refractivity contribution in [2.45, 2.75) is 45.0 Å². The predicted molar refractivity (Wildman–Crippen MR) is 51.4 cm³/mol. The molecule has 3 atom stereocenters. The van der Waals surface area contributed by atoms with Crippen LogP contribution < -0.4 is 0 Å². The summed E-state index contributed by atoms with van der Waals surface area (Å²) in [5.74, 6) is 0.591. The van der Waals surface area contributed by atoms with E-state index in [2.05, 4.69) is 19.1 Å². The zero-order valence-corrected chi connectivity index (χ0v) is 8.24. The maximum absolute atomic E-state index is 5.77. The van der Waals surface area contributed by atoms with Crippen molar-refractivity contribution in [2.24, 2.45) is 5.92 Å². The average Bonchev–Trinajstić information content (AvgIpc) is 2.19. The topological polar surface area (TPSA) is 18.5 Å². The number of hydrogen-bond acceptors (Lipinski definition) is 2. The third-order valence-corrected chi connectivity index (χ3v) is 2.87. The average molecular weight is 182 g/mol. The van der Waals surface area contributed by atoms with Gasteiger partial charge in [0.1, 0.15) is 0 Å². The van der Waals surface area contributed by atoms with Crippen LogP contribution in [0.5, 0.6) is 0 Å². The van der Waals surface area contributed by atoms with E-state index >= 15 is 0 Å². The fourth-order valence-electron chi connectivity index (χ4n) is 2.00. The predicted octanol–water partition coefficient (Wildman–Crippen LogP) is 2.49. The quantitative estimate of drug-likeness (QED) is 0.580. The maximum atomic E-state index is 5.77. The lowest BCUT2D eigenvalue weighted by Crippen LogP contribution is -2.36. The van der Waals surface area contributed by atoms with Gasteiger partial charge in [-0.3, -0.25) is 0 Å². The number of rotatable bonds is 1. The molecule has 0 N–H and O–H groups in total. The molecule has 0 spiro atoms. The molecule has 13 heavy (non-hydrogen) atoms. The second kappa shape index (κ2) is 4.25. The first-order valence-electron chi connectivity index (χ1n) is 5.28. The van der Waals surface area contributed by atoms with E-state index in [1.54, 1.807) is 0 Å². The fourth-order valence-corrected chi connectivity index (χ4v) is 2.00. The third-order valence-electron chi connectivity index (χ3n) is 2.87. The van der Waals surface area contributed by atoms with Crippen LogP contribution in [-0.4, -0.2) is 19.0 Å². The Morgan fingerprint density at radius 1 is 1.23 bits per heavy atom. The lowest BCUT2D eigenvalue weighted by molar-refractivity contribution is -0.232. The van der Waals surface area contributed by atoms with Gasteiger partial charge in [-0.15, -0.1) is 0 Å². The fraction of sp³-hybridized carbons (Fsp3) is 0.818. The molecule has 2 rings (SSSR count). The van der Waals surface area contributed by atoms with Gasteiger partial charge in [0.05, 0.1) is 12.7 Å². The Morgan fingerprint density at radius 2 is 2.15 bits per heavy atom. The summed E-state index contributed by atoms with van der Waals surface area (Å²) in [7, 11) is 0. The summed E-state index contributed by atoms with van der Waals surface area (Å²) in [6, 6.07) is 0. The maximum Gasteiger partial charge on any atom is 0.161 e. The molecule has 2 heteroatoms. The molecule has 74 valence electrons. The van der Waals surface area contributed by atoms with E-state index in [1.807, 2.05) is 0 Å². The Hall–Kier alpha value is -0.340. The third kappa shape index (κ3) is 2.32. The molecule has 0 aromatic rings. The molecule has 0 unspecified atom stereocenters. The highest BCUT2D eigenvalue weighted by Crippen LogP contribution is 2.27. The van der Waals surface area contributed by atoms with E-state index in [4.69, 9.17) is 9.47 Å². The van der Waals surface area contributed by atoms with Crippen molar-refractivity contribution in [1.82, 2.24) is 0 Å². The van der Waals surface area contributed by atoms with Crippen LogP contribution in [0.1, 0.15) is 32.6 Å². The molecule has 0 bridgehead atoms. The van der Waals surface area contributed by atoms with E-state index < -0.39 is 0 Å². The highest BCUT2D eigenvalue weighted by molar-refractivity contribution is 4.91. The summed E-state index contributed by atoms with van der Waals surface area (Å²) in [4.78, 5) is 0. The van der Waals surface area contributed by atoms with Gasteiger partial charge in [-0.1, -0.05) is 12.2 Å². The SMILES string of the molecule is C[C@@H]1CCO[C@H]([C@@H]2CC=CCC2)O1. The Kier molecular flexibility index (Phi) is 3.01. The molecule has 0 aromatic heterocycles. The molecule has 0 saturated carbocycles. The minimum atomic E-state index is 0.0636. The molecule has 0 radical (unpaired) electrons. The summed E-state index contributed by atoms with van der Waals surface area (Å²) in [6.07, 6.45) is 9.51. The van der Waals surface area contributed by atoms with E-state index in [-0.39, 0.29) is 6.29 Å². The highest BCUT2D eigenvalue weighted by Gasteiger charge is 2.27. The Balaban J connectivity index is 1.88. The lowest BCUT2D eigenvalue weighted by Gasteiger charge is -2.34. The zero-order valence-electron chi connectivity index (χ0n) is 8.24. The summed E-state index contributed by atoms with van der Waals surface area (Å²) in [5, 5.41) is 0. The van der Waals surface area contributed by atoms with E-state index in [9.17, 15) is 0 Å². The minimum absolute atomic E-state index is 0.0636. The van der Waals surface area contributed by atoms with Crippen molar-refractivity contribution < 1.29 is 9.47 Å². The molecule has 1 heterocycles. The minimum Gasteiger partial charge on any atom is -0.352 e. The van der Waals surface area contributed by atoms with Gasteiger partial charge in [0.2, 0.25) is 0 Å². The van der Waals surface area contributed by atoms with E-state index in [1.165, 1.54) is 12.8 Å². The normalized spacial score (nSPS) is 40.5. The van der Waals surface area contributed by atoms with Crippen LogP contribution in [0.3, 0.4) is 0 Å². The smallest absolute Gasteiger partial charge is 0.161 e. The molecular weight excluding hydrogens is 164 g/mol. The van der Waals surface area contributed by atoms with Gasteiger partial charge >= 0.3 is 0 Å². The molecule has 1 saturated heterocycles. The van der Waals surface area contributed by atoms with Gasteiger partial charge in [0.15, 0.2) is 6.29 Å². The van der Waals surface area contributed by atoms with Gasteiger partial charge < -0.3 is 9.47 Å². The van der Waals surface area contributed by atoms with Gasteiger partial charge in [-0.05, 0) is 32.6 Å². The summed E-state index contributed by atoms with van der Waals surface area (Å²) in [6.45, 7) is 3.00. The molecule has 2 aliphatic rings. The summed E-state index contributed by atoms with van der Waals surface area (Å²) >= 11 is 0. The summed E-state index contributed by atoms with van der Waals surface area (Å²) < 4.78 is 11.4. The number of allylic oxidation sites excluding steroid dienone is 2.